The molecule has 2 aromatic rings. The SMILES string of the molecule is CC(CC(Nc1cccc(Cl)c1)C(N)=O)c1ccccc1. The summed E-state index contributed by atoms with van der Waals surface area (Å²) in [4.78, 5) is 11.7. The molecule has 2 unspecified atom stereocenters. The predicted molar refractivity (Wildman–Crippen MR) is 87.5 cm³/mol. The Morgan fingerprint density at radius 1 is 1.19 bits per heavy atom. The highest BCUT2D eigenvalue weighted by Gasteiger charge is 2.19. The molecule has 1 amide bonds. The molecule has 0 saturated heterocycles. The fourth-order valence-electron chi connectivity index (χ4n) is 2.30. The second-order valence-corrected chi connectivity index (χ2v) is 5.59. The highest BCUT2D eigenvalue weighted by atomic mass is 35.5. The maximum atomic E-state index is 11.7. The fourth-order valence-corrected chi connectivity index (χ4v) is 2.49. The Morgan fingerprint density at radius 2 is 1.90 bits per heavy atom. The molecule has 0 aliphatic carbocycles. The van der Waals surface area contributed by atoms with Crippen LogP contribution in [0.5, 0.6) is 0 Å². The summed E-state index contributed by atoms with van der Waals surface area (Å²) in [5, 5.41) is 3.79. The van der Waals surface area contributed by atoms with Crippen molar-refractivity contribution in [3.63, 3.8) is 0 Å². The van der Waals surface area contributed by atoms with E-state index >= 15 is 0 Å². The summed E-state index contributed by atoms with van der Waals surface area (Å²) >= 11 is 5.95. The molecule has 21 heavy (non-hydrogen) atoms. The number of anilines is 1. The predicted octanol–water partition coefficient (Wildman–Crippen LogP) is 3.80. The molecular weight excluding hydrogens is 284 g/mol. The van der Waals surface area contributed by atoms with E-state index in [1.54, 1.807) is 12.1 Å². The molecule has 2 aromatic carbocycles. The molecule has 4 heteroatoms. The van der Waals surface area contributed by atoms with E-state index in [1.165, 1.54) is 5.56 Å². The lowest BCUT2D eigenvalue weighted by molar-refractivity contribution is -0.118. The van der Waals surface area contributed by atoms with Crippen LogP contribution in [0.25, 0.3) is 0 Å². The molecule has 3 nitrogen and oxygen atoms in total. The molecule has 0 bridgehead atoms. The minimum absolute atomic E-state index is 0.232. The van der Waals surface area contributed by atoms with Gasteiger partial charge in [-0.2, -0.15) is 0 Å². The van der Waals surface area contributed by atoms with Crippen molar-refractivity contribution in [3.05, 3.63) is 65.2 Å². The number of primary amides is 1. The second kappa shape index (κ2) is 7.14. The van der Waals surface area contributed by atoms with Crippen LogP contribution in [0.2, 0.25) is 5.02 Å². The summed E-state index contributed by atoms with van der Waals surface area (Å²) in [7, 11) is 0. The zero-order valence-corrected chi connectivity index (χ0v) is 12.7. The Balaban J connectivity index is 2.07. The van der Waals surface area contributed by atoms with E-state index in [2.05, 4.69) is 24.4 Å². The first-order valence-electron chi connectivity index (χ1n) is 6.92. The standard InChI is InChI=1S/C17H19ClN2O/c1-12(13-6-3-2-4-7-13)10-16(17(19)21)20-15-9-5-8-14(18)11-15/h2-9,11-12,16,20H,10H2,1H3,(H2,19,21). The number of nitrogens with one attached hydrogen (secondary N) is 1. The lowest BCUT2D eigenvalue weighted by Crippen LogP contribution is -2.36. The molecule has 0 fully saturated rings. The molecule has 0 aliphatic heterocycles. The summed E-state index contributed by atoms with van der Waals surface area (Å²) in [6, 6.07) is 16.9. The number of hydrogen-bond donors (Lipinski definition) is 2. The van der Waals surface area contributed by atoms with Crippen LogP contribution in [-0.2, 0) is 4.79 Å². The van der Waals surface area contributed by atoms with Gasteiger partial charge in [0.1, 0.15) is 6.04 Å². The second-order valence-electron chi connectivity index (χ2n) is 5.16. The Hall–Kier alpha value is -2.00. The fraction of sp³-hybridized carbons (Fsp3) is 0.235. The van der Waals surface area contributed by atoms with E-state index in [4.69, 9.17) is 17.3 Å². The zero-order chi connectivity index (χ0) is 15.2. The largest absolute Gasteiger partial charge is 0.374 e. The zero-order valence-electron chi connectivity index (χ0n) is 11.9. The molecule has 0 aromatic heterocycles. The molecule has 110 valence electrons. The summed E-state index contributed by atoms with van der Waals surface area (Å²) in [6.07, 6.45) is 0.631. The third-order valence-electron chi connectivity index (χ3n) is 3.47. The van der Waals surface area contributed by atoms with Gasteiger partial charge in [0.25, 0.3) is 0 Å². The minimum atomic E-state index is -0.432. The Bertz CT molecular complexity index is 601. The number of halogens is 1. The van der Waals surface area contributed by atoms with Crippen molar-refractivity contribution in [2.45, 2.75) is 25.3 Å². The molecule has 2 rings (SSSR count). The number of nitrogens with two attached hydrogens (primary N) is 1. The van der Waals surface area contributed by atoms with Gasteiger partial charge in [0, 0.05) is 10.7 Å². The van der Waals surface area contributed by atoms with Crippen molar-refractivity contribution in [1.29, 1.82) is 0 Å². The van der Waals surface area contributed by atoms with Crippen molar-refractivity contribution < 1.29 is 4.79 Å². The van der Waals surface area contributed by atoms with Crippen molar-refractivity contribution in [2.75, 3.05) is 5.32 Å². The van der Waals surface area contributed by atoms with Gasteiger partial charge < -0.3 is 11.1 Å². The van der Waals surface area contributed by atoms with E-state index in [9.17, 15) is 4.79 Å². The molecule has 3 N–H and O–H groups in total. The molecule has 0 radical (unpaired) electrons. The summed E-state index contributed by atoms with van der Waals surface area (Å²) < 4.78 is 0. The summed E-state index contributed by atoms with van der Waals surface area (Å²) in [5.74, 6) is -0.131. The van der Waals surface area contributed by atoms with E-state index in [-0.39, 0.29) is 11.8 Å². The first kappa shape index (κ1) is 15.4. The maximum absolute atomic E-state index is 11.7. The van der Waals surface area contributed by atoms with Crippen molar-refractivity contribution in [2.24, 2.45) is 5.73 Å². The Kier molecular flexibility index (Phi) is 5.23. The van der Waals surface area contributed by atoms with E-state index < -0.39 is 6.04 Å². The monoisotopic (exact) mass is 302 g/mol. The third kappa shape index (κ3) is 4.50. The summed E-state index contributed by atoms with van der Waals surface area (Å²) in [5.41, 5.74) is 7.50. The van der Waals surface area contributed by atoms with Crippen LogP contribution < -0.4 is 11.1 Å². The lowest BCUT2D eigenvalue weighted by Gasteiger charge is -2.21. The molecule has 0 spiro atoms. The third-order valence-corrected chi connectivity index (χ3v) is 3.70. The number of rotatable bonds is 6. The van der Waals surface area contributed by atoms with Gasteiger partial charge in [-0.3, -0.25) is 4.79 Å². The summed E-state index contributed by atoms with van der Waals surface area (Å²) in [6.45, 7) is 2.09. The molecule has 0 saturated carbocycles. The van der Waals surface area contributed by atoms with Crippen molar-refractivity contribution in [1.82, 2.24) is 0 Å². The van der Waals surface area contributed by atoms with Crippen LogP contribution in [0, 0.1) is 0 Å². The maximum Gasteiger partial charge on any atom is 0.239 e. The normalized spacial score (nSPS) is 13.4. The first-order chi connectivity index (χ1) is 10.1. The van der Waals surface area contributed by atoms with Crippen LogP contribution in [0.15, 0.2) is 54.6 Å². The van der Waals surface area contributed by atoms with Gasteiger partial charge in [-0.05, 0) is 36.1 Å². The van der Waals surface area contributed by atoms with E-state index in [0.29, 0.717) is 11.4 Å². The van der Waals surface area contributed by atoms with Crippen molar-refractivity contribution in [3.8, 4) is 0 Å². The Labute approximate surface area is 130 Å². The van der Waals surface area contributed by atoms with Crippen LogP contribution >= 0.6 is 11.6 Å². The number of carbonyl (C=O) groups is 1. The van der Waals surface area contributed by atoms with Gasteiger partial charge in [0.2, 0.25) is 5.91 Å². The Morgan fingerprint density at radius 3 is 2.52 bits per heavy atom. The van der Waals surface area contributed by atoms with Gasteiger partial charge in [-0.15, -0.1) is 0 Å². The van der Waals surface area contributed by atoms with Crippen LogP contribution in [0.3, 0.4) is 0 Å². The van der Waals surface area contributed by atoms with E-state index in [0.717, 1.165) is 5.69 Å². The lowest BCUT2D eigenvalue weighted by atomic mass is 9.93. The number of benzene rings is 2. The average molecular weight is 303 g/mol. The van der Waals surface area contributed by atoms with Crippen molar-refractivity contribution >= 4 is 23.2 Å². The van der Waals surface area contributed by atoms with Crippen LogP contribution in [-0.4, -0.2) is 11.9 Å². The first-order valence-corrected chi connectivity index (χ1v) is 7.30. The van der Waals surface area contributed by atoms with Crippen LogP contribution in [0.1, 0.15) is 24.8 Å². The smallest absolute Gasteiger partial charge is 0.239 e. The van der Waals surface area contributed by atoms with Gasteiger partial charge in [0.15, 0.2) is 0 Å². The minimum Gasteiger partial charge on any atom is -0.374 e. The quantitative estimate of drug-likeness (QED) is 0.852. The molecule has 2 atom stereocenters. The molecule has 0 aliphatic rings. The number of hydrogen-bond acceptors (Lipinski definition) is 2. The molecular formula is C17H19ClN2O. The van der Waals surface area contributed by atoms with Gasteiger partial charge in [-0.25, -0.2) is 0 Å². The van der Waals surface area contributed by atoms with Crippen LogP contribution in [0.4, 0.5) is 5.69 Å². The van der Waals surface area contributed by atoms with Gasteiger partial charge >= 0.3 is 0 Å². The van der Waals surface area contributed by atoms with Gasteiger partial charge in [-0.1, -0.05) is 54.9 Å². The topological polar surface area (TPSA) is 55.1 Å². The van der Waals surface area contributed by atoms with Gasteiger partial charge in [0.05, 0.1) is 0 Å². The average Bonchev–Trinajstić information content (AvgIpc) is 2.47. The number of amides is 1. The molecule has 0 heterocycles. The highest BCUT2D eigenvalue weighted by Crippen LogP contribution is 2.23. The number of carbonyl (C=O) groups excluding carboxylic acids is 1. The van der Waals surface area contributed by atoms with E-state index in [1.807, 2.05) is 30.3 Å². The highest BCUT2D eigenvalue weighted by molar-refractivity contribution is 6.30.